The van der Waals surface area contributed by atoms with E-state index >= 15 is 0 Å². The lowest BCUT2D eigenvalue weighted by molar-refractivity contribution is -0.142. The van der Waals surface area contributed by atoms with Crippen molar-refractivity contribution in [3.63, 3.8) is 0 Å². The number of hydrogen-bond donors (Lipinski definition) is 1. The van der Waals surface area contributed by atoms with Gasteiger partial charge >= 0.3 is 0 Å². The molecular formula is C21H29N3O3. The van der Waals surface area contributed by atoms with Gasteiger partial charge in [0.2, 0.25) is 17.7 Å². The van der Waals surface area contributed by atoms with Crippen molar-refractivity contribution in [2.75, 3.05) is 26.2 Å². The third-order valence-corrected chi connectivity index (χ3v) is 5.61. The van der Waals surface area contributed by atoms with Crippen LogP contribution in [0.4, 0.5) is 0 Å². The van der Waals surface area contributed by atoms with E-state index in [9.17, 15) is 14.4 Å². The molecule has 1 N–H and O–H groups in total. The van der Waals surface area contributed by atoms with Crippen molar-refractivity contribution >= 4 is 17.7 Å². The maximum atomic E-state index is 12.8. The molecular weight excluding hydrogens is 342 g/mol. The number of nitrogens with one attached hydrogen (secondary N) is 1. The Labute approximate surface area is 160 Å². The molecule has 1 heterocycles. The minimum atomic E-state index is -0.325. The van der Waals surface area contributed by atoms with Crippen molar-refractivity contribution in [3.05, 3.63) is 35.9 Å². The van der Waals surface area contributed by atoms with E-state index in [1.165, 1.54) is 6.92 Å². The summed E-state index contributed by atoms with van der Waals surface area (Å²) in [5.41, 5.74) is 0.927. The van der Waals surface area contributed by atoms with Crippen molar-refractivity contribution in [1.82, 2.24) is 15.1 Å². The van der Waals surface area contributed by atoms with E-state index in [2.05, 4.69) is 5.32 Å². The molecule has 3 rings (SSSR count). The Morgan fingerprint density at radius 1 is 1.00 bits per heavy atom. The summed E-state index contributed by atoms with van der Waals surface area (Å²) in [7, 11) is 0. The molecule has 1 aliphatic carbocycles. The molecule has 0 radical (unpaired) electrons. The first kappa shape index (κ1) is 19.4. The Hall–Kier alpha value is -2.37. The van der Waals surface area contributed by atoms with E-state index in [-0.39, 0.29) is 36.1 Å². The molecule has 3 amide bonds. The fourth-order valence-corrected chi connectivity index (χ4v) is 4.09. The molecule has 1 atom stereocenters. The highest BCUT2D eigenvalue weighted by molar-refractivity contribution is 5.81. The van der Waals surface area contributed by atoms with Crippen LogP contribution in [0.25, 0.3) is 0 Å². The van der Waals surface area contributed by atoms with Crippen LogP contribution in [-0.2, 0) is 14.4 Å². The highest BCUT2D eigenvalue weighted by atomic mass is 16.2. The number of carbonyl (C=O) groups excluding carboxylic acids is 3. The molecule has 146 valence electrons. The van der Waals surface area contributed by atoms with Gasteiger partial charge in [0, 0.05) is 39.0 Å². The van der Waals surface area contributed by atoms with Gasteiger partial charge in [-0.05, 0) is 18.4 Å². The summed E-state index contributed by atoms with van der Waals surface area (Å²) >= 11 is 0. The molecule has 1 aromatic carbocycles. The van der Waals surface area contributed by atoms with Gasteiger partial charge in [-0.2, -0.15) is 0 Å². The molecule has 2 aliphatic rings. The van der Waals surface area contributed by atoms with E-state index in [1.807, 2.05) is 40.1 Å². The van der Waals surface area contributed by atoms with Crippen LogP contribution >= 0.6 is 0 Å². The molecule has 0 spiro atoms. The number of carbonyl (C=O) groups is 3. The van der Waals surface area contributed by atoms with Crippen LogP contribution in [0.1, 0.15) is 50.6 Å². The largest absolute Gasteiger partial charge is 0.349 e. The zero-order chi connectivity index (χ0) is 19.2. The number of piperazine rings is 1. The zero-order valence-electron chi connectivity index (χ0n) is 16.0. The molecule has 2 fully saturated rings. The Morgan fingerprint density at radius 3 is 2.19 bits per heavy atom. The average Bonchev–Trinajstić information content (AvgIpc) is 3.22. The average molecular weight is 371 g/mol. The lowest BCUT2D eigenvalue weighted by Crippen LogP contribution is -2.52. The summed E-state index contributed by atoms with van der Waals surface area (Å²) < 4.78 is 0. The summed E-state index contributed by atoms with van der Waals surface area (Å²) in [5, 5.41) is 2.88. The van der Waals surface area contributed by atoms with Gasteiger partial charge in [0.25, 0.3) is 0 Å². The van der Waals surface area contributed by atoms with Gasteiger partial charge in [0.15, 0.2) is 0 Å². The van der Waals surface area contributed by atoms with Gasteiger partial charge in [-0.15, -0.1) is 0 Å². The summed E-state index contributed by atoms with van der Waals surface area (Å²) in [6.07, 6.45) is 4.55. The standard InChI is InChI=1S/C21H29N3O3/c1-16(25)22-19(17-7-3-2-4-8-17)15-20(26)23-11-13-24(14-12-23)21(27)18-9-5-6-10-18/h2-4,7-8,18-19H,5-6,9-15H2,1H3,(H,22,25). The summed E-state index contributed by atoms with van der Waals surface area (Å²) in [6.45, 7) is 3.82. The molecule has 1 aromatic rings. The van der Waals surface area contributed by atoms with Crippen LogP contribution in [0.5, 0.6) is 0 Å². The van der Waals surface area contributed by atoms with Gasteiger partial charge in [0.05, 0.1) is 12.5 Å². The van der Waals surface area contributed by atoms with Gasteiger partial charge < -0.3 is 15.1 Å². The van der Waals surface area contributed by atoms with Crippen LogP contribution in [0.3, 0.4) is 0 Å². The SMILES string of the molecule is CC(=O)NC(CC(=O)N1CCN(C(=O)C2CCCC2)CC1)c1ccccc1. The first-order valence-electron chi connectivity index (χ1n) is 9.93. The van der Waals surface area contributed by atoms with Crippen molar-refractivity contribution in [1.29, 1.82) is 0 Å². The van der Waals surface area contributed by atoms with Gasteiger partial charge in [-0.25, -0.2) is 0 Å². The fourth-order valence-electron chi connectivity index (χ4n) is 4.09. The van der Waals surface area contributed by atoms with Crippen LogP contribution in [0.15, 0.2) is 30.3 Å². The Balaban J connectivity index is 1.54. The first-order valence-corrected chi connectivity index (χ1v) is 9.93. The van der Waals surface area contributed by atoms with Crippen LogP contribution in [-0.4, -0.2) is 53.7 Å². The second kappa shape index (κ2) is 9.02. The van der Waals surface area contributed by atoms with Crippen LogP contribution < -0.4 is 5.32 Å². The minimum absolute atomic E-state index is 0.0190. The third-order valence-electron chi connectivity index (χ3n) is 5.61. The minimum Gasteiger partial charge on any atom is -0.349 e. The van der Waals surface area contributed by atoms with E-state index in [0.29, 0.717) is 26.2 Å². The number of amides is 3. The Morgan fingerprint density at radius 2 is 1.59 bits per heavy atom. The molecule has 1 unspecified atom stereocenters. The fraction of sp³-hybridized carbons (Fsp3) is 0.571. The lowest BCUT2D eigenvalue weighted by Gasteiger charge is -2.36. The van der Waals surface area contributed by atoms with Crippen LogP contribution in [0, 0.1) is 5.92 Å². The quantitative estimate of drug-likeness (QED) is 0.862. The van der Waals surface area contributed by atoms with Crippen molar-refractivity contribution < 1.29 is 14.4 Å². The highest BCUT2D eigenvalue weighted by Crippen LogP contribution is 2.27. The summed E-state index contributed by atoms with van der Waals surface area (Å²) in [4.78, 5) is 40.6. The number of nitrogens with zero attached hydrogens (tertiary/aromatic N) is 2. The summed E-state index contributed by atoms with van der Waals surface area (Å²) in [5.74, 6) is 0.323. The predicted molar refractivity (Wildman–Crippen MR) is 103 cm³/mol. The molecule has 1 saturated heterocycles. The van der Waals surface area contributed by atoms with E-state index < -0.39 is 0 Å². The summed E-state index contributed by atoms with van der Waals surface area (Å²) in [6, 6.07) is 9.24. The number of benzene rings is 1. The molecule has 0 aromatic heterocycles. The molecule has 27 heavy (non-hydrogen) atoms. The maximum absolute atomic E-state index is 12.8. The number of rotatable bonds is 5. The van der Waals surface area contributed by atoms with E-state index in [1.54, 1.807) is 0 Å². The molecule has 6 nitrogen and oxygen atoms in total. The van der Waals surface area contributed by atoms with Crippen molar-refractivity contribution in [3.8, 4) is 0 Å². The van der Waals surface area contributed by atoms with Crippen molar-refractivity contribution in [2.45, 2.75) is 45.1 Å². The second-order valence-electron chi connectivity index (χ2n) is 7.56. The highest BCUT2D eigenvalue weighted by Gasteiger charge is 2.31. The van der Waals surface area contributed by atoms with Gasteiger partial charge in [-0.3, -0.25) is 14.4 Å². The van der Waals surface area contributed by atoms with Crippen LogP contribution in [0.2, 0.25) is 0 Å². The zero-order valence-corrected chi connectivity index (χ0v) is 16.0. The first-order chi connectivity index (χ1) is 13.0. The van der Waals surface area contributed by atoms with E-state index in [4.69, 9.17) is 0 Å². The van der Waals surface area contributed by atoms with Gasteiger partial charge in [-0.1, -0.05) is 43.2 Å². The lowest BCUT2D eigenvalue weighted by atomic mass is 10.0. The molecule has 6 heteroatoms. The smallest absolute Gasteiger partial charge is 0.225 e. The normalized spacial score (nSPS) is 19.0. The molecule has 1 saturated carbocycles. The monoisotopic (exact) mass is 371 g/mol. The third kappa shape index (κ3) is 5.08. The van der Waals surface area contributed by atoms with Gasteiger partial charge in [0.1, 0.15) is 0 Å². The van der Waals surface area contributed by atoms with Crippen molar-refractivity contribution in [2.24, 2.45) is 5.92 Å². The topological polar surface area (TPSA) is 69.7 Å². The molecule has 0 bridgehead atoms. The van der Waals surface area contributed by atoms with E-state index in [0.717, 1.165) is 31.2 Å². The maximum Gasteiger partial charge on any atom is 0.225 e. The Bertz CT molecular complexity index is 663. The predicted octanol–water partition coefficient (Wildman–Crippen LogP) is 2.11. The second-order valence-corrected chi connectivity index (χ2v) is 7.56. The Kier molecular flexibility index (Phi) is 6.48. The molecule has 1 aliphatic heterocycles. The number of hydrogen-bond acceptors (Lipinski definition) is 3.